The van der Waals surface area contributed by atoms with E-state index in [1.807, 2.05) is 19.1 Å². The Kier molecular flexibility index (Phi) is 7.50. The molecule has 1 saturated heterocycles. The molecule has 7 nitrogen and oxygen atoms in total. The van der Waals surface area contributed by atoms with Crippen LogP contribution in [-0.2, 0) is 11.3 Å². The molecule has 138 valence electrons. The number of nitrogens with zero attached hydrogens (tertiary/aromatic N) is 3. The molecule has 25 heavy (non-hydrogen) atoms. The molecule has 0 saturated carbocycles. The zero-order valence-electron chi connectivity index (χ0n) is 15.4. The van der Waals surface area contributed by atoms with E-state index in [1.54, 1.807) is 20.3 Å². The van der Waals surface area contributed by atoms with Gasteiger partial charge in [0.2, 0.25) is 11.8 Å². The Morgan fingerprint density at radius 3 is 2.84 bits per heavy atom. The number of piperidine rings is 1. The summed E-state index contributed by atoms with van der Waals surface area (Å²) in [5.41, 5.74) is 1.01. The Hall–Kier alpha value is -2.31. The molecule has 7 heteroatoms. The molecule has 1 aliphatic heterocycles. The zero-order valence-corrected chi connectivity index (χ0v) is 15.4. The van der Waals surface area contributed by atoms with Crippen LogP contribution in [0.5, 0.6) is 5.88 Å². The monoisotopic (exact) mass is 347 g/mol. The Morgan fingerprint density at radius 1 is 1.44 bits per heavy atom. The maximum atomic E-state index is 11.5. The van der Waals surface area contributed by atoms with Crippen LogP contribution in [0.25, 0.3) is 0 Å². The molecule has 2 heterocycles. The molecule has 1 aliphatic rings. The third-order valence-corrected chi connectivity index (χ3v) is 4.45. The van der Waals surface area contributed by atoms with Crippen molar-refractivity contribution in [2.45, 2.75) is 32.7 Å². The van der Waals surface area contributed by atoms with Crippen LogP contribution in [0.2, 0.25) is 0 Å². The molecule has 0 unspecified atom stereocenters. The van der Waals surface area contributed by atoms with Gasteiger partial charge in [-0.15, -0.1) is 0 Å². The van der Waals surface area contributed by atoms with Gasteiger partial charge < -0.3 is 20.3 Å². The van der Waals surface area contributed by atoms with Crippen molar-refractivity contribution in [3.63, 3.8) is 0 Å². The maximum Gasteiger partial charge on any atom is 0.220 e. The van der Waals surface area contributed by atoms with Gasteiger partial charge in [-0.1, -0.05) is 6.07 Å². The van der Waals surface area contributed by atoms with Crippen molar-refractivity contribution in [1.82, 2.24) is 20.5 Å². The van der Waals surface area contributed by atoms with E-state index in [4.69, 9.17) is 4.74 Å². The van der Waals surface area contributed by atoms with Crippen molar-refractivity contribution in [2.24, 2.45) is 10.9 Å². The molecule has 2 rings (SSSR count). The first-order chi connectivity index (χ1) is 12.2. The first-order valence-corrected chi connectivity index (χ1v) is 8.90. The minimum atomic E-state index is 0.126. The number of carbonyl (C=O) groups is 1. The van der Waals surface area contributed by atoms with Crippen LogP contribution in [-0.4, -0.2) is 55.5 Å². The molecule has 2 N–H and O–H groups in total. The molecular weight excluding hydrogens is 318 g/mol. The molecule has 1 aromatic heterocycles. The van der Waals surface area contributed by atoms with Gasteiger partial charge in [0.05, 0.1) is 6.61 Å². The third-order valence-electron chi connectivity index (χ3n) is 4.45. The number of likely N-dealkylation sites (tertiary alicyclic amines) is 1. The van der Waals surface area contributed by atoms with E-state index in [-0.39, 0.29) is 5.91 Å². The van der Waals surface area contributed by atoms with E-state index in [2.05, 4.69) is 25.5 Å². The lowest BCUT2D eigenvalue weighted by Gasteiger charge is -2.34. The standard InChI is InChI=1S/C18H29N5O2/c1-4-25-17-15(6-5-9-21-17)13-22-18(20-3)23-10-7-14(8-11-23)12-16(24)19-2/h5-6,9,14H,4,7-8,10-13H2,1-3H3,(H,19,24)(H,20,22). The third kappa shape index (κ3) is 5.62. The lowest BCUT2D eigenvalue weighted by Crippen LogP contribution is -2.45. The maximum absolute atomic E-state index is 11.5. The Bertz CT molecular complexity index is 583. The largest absolute Gasteiger partial charge is 0.478 e. The van der Waals surface area contributed by atoms with Crippen LogP contribution in [0.3, 0.4) is 0 Å². The summed E-state index contributed by atoms with van der Waals surface area (Å²) in [6, 6.07) is 3.92. The average molecular weight is 347 g/mol. The summed E-state index contributed by atoms with van der Waals surface area (Å²) in [7, 11) is 3.49. The van der Waals surface area contributed by atoms with Crippen LogP contribution >= 0.6 is 0 Å². The van der Waals surface area contributed by atoms with Gasteiger partial charge in [-0.2, -0.15) is 0 Å². The van der Waals surface area contributed by atoms with Crippen LogP contribution in [0.4, 0.5) is 0 Å². The highest BCUT2D eigenvalue weighted by Gasteiger charge is 2.23. The predicted molar refractivity (Wildman–Crippen MR) is 98.6 cm³/mol. The highest BCUT2D eigenvalue weighted by molar-refractivity contribution is 5.80. The Labute approximate surface area is 149 Å². The second-order valence-electron chi connectivity index (χ2n) is 6.11. The number of aromatic nitrogens is 1. The van der Waals surface area contributed by atoms with Gasteiger partial charge in [-0.3, -0.25) is 9.79 Å². The van der Waals surface area contributed by atoms with Gasteiger partial charge in [-0.05, 0) is 31.7 Å². The number of carbonyl (C=O) groups excluding carboxylic acids is 1. The average Bonchev–Trinajstić information content (AvgIpc) is 2.65. The fourth-order valence-corrected chi connectivity index (χ4v) is 3.05. The number of aliphatic imine (C=N–C) groups is 1. The molecule has 0 radical (unpaired) electrons. The van der Waals surface area contributed by atoms with Gasteiger partial charge in [-0.25, -0.2) is 4.98 Å². The zero-order chi connectivity index (χ0) is 18.1. The van der Waals surface area contributed by atoms with Crippen molar-refractivity contribution in [3.05, 3.63) is 23.9 Å². The molecule has 0 bridgehead atoms. The molecule has 0 aliphatic carbocycles. The molecule has 0 spiro atoms. The van der Waals surface area contributed by atoms with Crippen molar-refractivity contribution in [2.75, 3.05) is 33.8 Å². The van der Waals surface area contributed by atoms with Gasteiger partial charge in [0.15, 0.2) is 5.96 Å². The fourth-order valence-electron chi connectivity index (χ4n) is 3.05. The van der Waals surface area contributed by atoms with Crippen LogP contribution in [0.1, 0.15) is 31.7 Å². The normalized spacial score (nSPS) is 15.8. The van der Waals surface area contributed by atoms with Crippen LogP contribution in [0, 0.1) is 5.92 Å². The minimum absolute atomic E-state index is 0.126. The summed E-state index contributed by atoms with van der Waals surface area (Å²) in [4.78, 5) is 22.4. The number of rotatable bonds is 6. The number of hydrogen-bond acceptors (Lipinski definition) is 4. The second-order valence-corrected chi connectivity index (χ2v) is 6.11. The summed E-state index contributed by atoms with van der Waals surface area (Å²) in [5.74, 6) is 2.13. The van der Waals surface area contributed by atoms with Crippen LogP contribution < -0.4 is 15.4 Å². The number of ether oxygens (including phenoxy) is 1. The summed E-state index contributed by atoms with van der Waals surface area (Å²) >= 11 is 0. The first-order valence-electron chi connectivity index (χ1n) is 8.90. The summed E-state index contributed by atoms with van der Waals surface area (Å²) < 4.78 is 5.57. The topological polar surface area (TPSA) is 78.8 Å². The van der Waals surface area contributed by atoms with E-state index >= 15 is 0 Å². The molecule has 1 amide bonds. The Morgan fingerprint density at radius 2 is 2.20 bits per heavy atom. The number of hydrogen-bond donors (Lipinski definition) is 2. The molecular formula is C18H29N5O2. The van der Waals surface area contributed by atoms with Crippen molar-refractivity contribution in [1.29, 1.82) is 0 Å². The predicted octanol–water partition coefficient (Wildman–Crippen LogP) is 1.40. The molecule has 1 fully saturated rings. The van der Waals surface area contributed by atoms with E-state index in [0.717, 1.165) is 37.5 Å². The summed E-state index contributed by atoms with van der Waals surface area (Å²) in [6.07, 6.45) is 4.36. The minimum Gasteiger partial charge on any atom is -0.478 e. The number of guanidine groups is 1. The fraction of sp³-hybridized carbons (Fsp3) is 0.611. The lowest BCUT2D eigenvalue weighted by molar-refractivity contribution is -0.121. The van der Waals surface area contributed by atoms with Gasteiger partial charge in [0.1, 0.15) is 0 Å². The number of amides is 1. The second kappa shape index (κ2) is 9.86. The molecule has 0 atom stereocenters. The highest BCUT2D eigenvalue weighted by Crippen LogP contribution is 2.20. The van der Waals surface area contributed by atoms with Crippen molar-refractivity contribution < 1.29 is 9.53 Å². The van der Waals surface area contributed by atoms with E-state index in [0.29, 0.717) is 31.4 Å². The highest BCUT2D eigenvalue weighted by atomic mass is 16.5. The quantitative estimate of drug-likeness (QED) is 0.601. The van der Waals surface area contributed by atoms with Crippen LogP contribution in [0.15, 0.2) is 23.3 Å². The number of pyridine rings is 1. The SMILES string of the molecule is CCOc1ncccc1CNC(=NC)N1CCC(CC(=O)NC)CC1. The van der Waals surface area contributed by atoms with E-state index < -0.39 is 0 Å². The van der Waals surface area contributed by atoms with Gasteiger partial charge >= 0.3 is 0 Å². The smallest absolute Gasteiger partial charge is 0.220 e. The summed E-state index contributed by atoms with van der Waals surface area (Å²) in [5, 5.41) is 6.10. The van der Waals surface area contributed by atoms with Gasteiger partial charge in [0, 0.05) is 51.9 Å². The number of nitrogens with one attached hydrogen (secondary N) is 2. The van der Waals surface area contributed by atoms with Crippen molar-refractivity contribution >= 4 is 11.9 Å². The van der Waals surface area contributed by atoms with Crippen molar-refractivity contribution in [3.8, 4) is 5.88 Å². The summed E-state index contributed by atoms with van der Waals surface area (Å²) in [6.45, 7) is 4.98. The molecule has 0 aromatic carbocycles. The van der Waals surface area contributed by atoms with E-state index in [1.165, 1.54) is 0 Å². The lowest BCUT2D eigenvalue weighted by atomic mass is 9.93. The molecule has 1 aromatic rings. The Balaban J connectivity index is 1.87. The van der Waals surface area contributed by atoms with Gasteiger partial charge in [0.25, 0.3) is 0 Å². The van der Waals surface area contributed by atoms with E-state index in [9.17, 15) is 4.79 Å². The first kappa shape index (κ1) is 19.0.